The van der Waals surface area contributed by atoms with E-state index in [2.05, 4.69) is 9.88 Å². The van der Waals surface area contributed by atoms with E-state index in [1.54, 1.807) is 24.5 Å². The Balaban J connectivity index is 1.71. The van der Waals surface area contributed by atoms with Crippen LogP contribution in [-0.2, 0) is 24.3 Å². The highest BCUT2D eigenvalue weighted by atomic mass is 32.2. The van der Waals surface area contributed by atoms with Crippen LogP contribution in [0.3, 0.4) is 0 Å². The first-order valence-electron chi connectivity index (χ1n) is 11.2. The van der Waals surface area contributed by atoms with E-state index < -0.39 is 27.8 Å². The van der Waals surface area contributed by atoms with Gasteiger partial charge in [-0.1, -0.05) is 0 Å². The lowest BCUT2D eigenvalue weighted by Gasteiger charge is -2.31. The Bertz CT molecular complexity index is 1220. The number of rotatable bonds is 7. The third-order valence-corrected chi connectivity index (χ3v) is 8.06. The number of amides is 1. The Hall–Kier alpha value is -3.12. The molecule has 1 atom stereocenters. The fourth-order valence-corrected chi connectivity index (χ4v) is 5.13. The van der Waals surface area contributed by atoms with Crippen molar-refractivity contribution in [2.24, 2.45) is 0 Å². The molecule has 35 heavy (non-hydrogen) atoms. The number of aliphatic hydroxyl groups is 1. The van der Waals surface area contributed by atoms with Crippen LogP contribution < -0.4 is 0 Å². The van der Waals surface area contributed by atoms with E-state index in [1.165, 1.54) is 43.3 Å². The highest BCUT2D eigenvalue weighted by Gasteiger charge is 2.46. The number of aromatic nitrogens is 1. The Morgan fingerprint density at radius 2 is 1.69 bits per heavy atom. The number of hydrogen-bond donors (Lipinski definition) is 1. The first kappa shape index (κ1) is 25.0. The van der Waals surface area contributed by atoms with Gasteiger partial charge in [0.15, 0.2) is 0 Å². The summed E-state index contributed by atoms with van der Waals surface area (Å²) in [6.07, 6.45) is 3.14. The van der Waals surface area contributed by atoms with E-state index in [4.69, 9.17) is 4.74 Å². The molecule has 1 amide bonds. The molecular formula is C24H28N4O6S. The largest absolute Gasteiger partial charge is 0.507 e. The van der Waals surface area contributed by atoms with E-state index >= 15 is 0 Å². The molecule has 1 aromatic heterocycles. The predicted molar refractivity (Wildman–Crippen MR) is 128 cm³/mol. The zero-order valence-corrected chi connectivity index (χ0v) is 20.4. The molecule has 0 spiro atoms. The van der Waals surface area contributed by atoms with E-state index in [0.717, 1.165) is 17.4 Å². The van der Waals surface area contributed by atoms with Crippen LogP contribution in [0, 0.1) is 0 Å². The minimum absolute atomic E-state index is 0.0357. The molecule has 186 valence electrons. The molecule has 2 aliphatic rings. The number of carbonyl (C=O) groups excluding carboxylic acids is 2. The zero-order valence-electron chi connectivity index (χ0n) is 19.6. The number of ketones is 1. The van der Waals surface area contributed by atoms with Gasteiger partial charge < -0.3 is 14.7 Å². The molecule has 3 heterocycles. The quantitative estimate of drug-likeness (QED) is 0.341. The van der Waals surface area contributed by atoms with Gasteiger partial charge in [-0.3, -0.25) is 19.5 Å². The maximum absolute atomic E-state index is 13.1. The van der Waals surface area contributed by atoms with E-state index in [1.807, 2.05) is 0 Å². The minimum atomic E-state index is -3.65. The number of hydrogen-bond acceptors (Lipinski definition) is 8. The van der Waals surface area contributed by atoms with Crippen LogP contribution in [0.1, 0.15) is 17.2 Å². The number of pyridine rings is 1. The summed E-state index contributed by atoms with van der Waals surface area (Å²) in [5.41, 5.74) is 0.855. The highest BCUT2D eigenvalue weighted by Crippen LogP contribution is 2.39. The first-order valence-corrected chi connectivity index (χ1v) is 12.7. The van der Waals surface area contributed by atoms with Gasteiger partial charge in [0.25, 0.3) is 11.7 Å². The lowest BCUT2D eigenvalue weighted by Crippen LogP contribution is -2.42. The maximum Gasteiger partial charge on any atom is 0.295 e. The van der Waals surface area contributed by atoms with E-state index in [9.17, 15) is 23.1 Å². The first-order chi connectivity index (χ1) is 16.7. The van der Waals surface area contributed by atoms with Gasteiger partial charge in [0.1, 0.15) is 5.76 Å². The lowest BCUT2D eigenvalue weighted by molar-refractivity contribution is -0.140. The zero-order chi connectivity index (χ0) is 25.2. The Kier molecular flexibility index (Phi) is 7.31. The molecule has 0 saturated carbocycles. The summed E-state index contributed by atoms with van der Waals surface area (Å²) >= 11 is 0. The summed E-state index contributed by atoms with van der Waals surface area (Å²) in [6.45, 7) is 3.58. The molecule has 11 heteroatoms. The number of benzene rings is 1. The van der Waals surface area contributed by atoms with Gasteiger partial charge in [-0.15, -0.1) is 0 Å². The average molecular weight is 501 g/mol. The second kappa shape index (κ2) is 10.2. The van der Waals surface area contributed by atoms with E-state index in [0.29, 0.717) is 31.9 Å². The van der Waals surface area contributed by atoms with Crippen molar-refractivity contribution in [3.8, 4) is 0 Å². The van der Waals surface area contributed by atoms with Gasteiger partial charge in [0.05, 0.1) is 29.7 Å². The van der Waals surface area contributed by atoms with Crippen LogP contribution in [0.2, 0.25) is 0 Å². The molecule has 1 aromatic carbocycles. The molecule has 0 radical (unpaired) electrons. The molecule has 1 unspecified atom stereocenters. The van der Waals surface area contributed by atoms with Crippen LogP contribution in [0.15, 0.2) is 59.3 Å². The summed E-state index contributed by atoms with van der Waals surface area (Å²) in [7, 11) is -0.799. The number of aliphatic hydroxyl groups excluding tert-OH is 1. The van der Waals surface area contributed by atoms with Crippen LogP contribution in [-0.4, -0.2) is 97.8 Å². The van der Waals surface area contributed by atoms with E-state index in [-0.39, 0.29) is 21.8 Å². The van der Waals surface area contributed by atoms with Gasteiger partial charge in [0.2, 0.25) is 10.0 Å². The fraction of sp³-hybridized carbons (Fsp3) is 0.375. The lowest BCUT2D eigenvalue weighted by atomic mass is 9.96. The SMILES string of the molecule is CN(C)S(=O)(=O)c1ccc(/C(O)=C2/C(=O)C(=O)N(CCN3CCOCC3)C2c2ccncc2)cc1. The third-order valence-electron chi connectivity index (χ3n) is 6.23. The molecule has 2 fully saturated rings. The molecule has 2 aliphatic heterocycles. The standard InChI is InChI=1S/C24H28N4O6S/c1-26(2)35(32,33)19-5-3-18(4-6-19)22(29)20-21(17-7-9-25-10-8-17)28(24(31)23(20)30)12-11-27-13-15-34-16-14-27/h3-10,21,29H,11-16H2,1-2H3/b22-20-. The normalized spacial score (nSPS) is 21.1. The average Bonchev–Trinajstić information content (AvgIpc) is 3.13. The second-order valence-electron chi connectivity index (χ2n) is 8.54. The Morgan fingerprint density at radius 1 is 1.06 bits per heavy atom. The Labute approximate surface area is 204 Å². The third kappa shape index (κ3) is 4.98. The number of nitrogens with zero attached hydrogens (tertiary/aromatic N) is 4. The number of morpholine rings is 1. The molecule has 0 bridgehead atoms. The number of ether oxygens (including phenoxy) is 1. The maximum atomic E-state index is 13.1. The fourth-order valence-electron chi connectivity index (χ4n) is 4.23. The molecule has 2 saturated heterocycles. The van der Waals surface area contributed by atoms with Crippen molar-refractivity contribution in [2.75, 3.05) is 53.5 Å². The van der Waals surface area contributed by atoms with Gasteiger partial charge in [-0.2, -0.15) is 0 Å². The van der Waals surface area contributed by atoms with Gasteiger partial charge in [-0.05, 0) is 42.0 Å². The van der Waals surface area contributed by atoms with Crippen LogP contribution in [0.5, 0.6) is 0 Å². The summed E-state index contributed by atoms with van der Waals surface area (Å²) in [5.74, 6) is -1.82. The number of likely N-dealkylation sites (tertiary alicyclic amines) is 1. The highest BCUT2D eigenvalue weighted by molar-refractivity contribution is 7.89. The van der Waals surface area contributed by atoms with Crippen LogP contribution in [0.4, 0.5) is 0 Å². The van der Waals surface area contributed by atoms with Crippen LogP contribution in [0.25, 0.3) is 5.76 Å². The molecule has 1 N–H and O–H groups in total. The van der Waals surface area contributed by atoms with Gasteiger partial charge >= 0.3 is 0 Å². The number of carbonyl (C=O) groups is 2. The summed E-state index contributed by atoms with van der Waals surface area (Å²) in [5, 5.41) is 11.2. The molecule has 10 nitrogen and oxygen atoms in total. The van der Waals surface area contributed by atoms with Crippen molar-refractivity contribution in [1.29, 1.82) is 0 Å². The van der Waals surface area contributed by atoms with Crippen molar-refractivity contribution in [1.82, 2.24) is 19.1 Å². The summed E-state index contributed by atoms with van der Waals surface area (Å²) in [4.78, 5) is 33.9. The van der Waals surface area contributed by atoms with Crippen molar-refractivity contribution in [2.45, 2.75) is 10.9 Å². The minimum Gasteiger partial charge on any atom is -0.507 e. The van der Waals surface area contributed by atoms with Crippen molar-refractivity contribution < 1.29 is 27.9 Å². The number of sulfonamides is 1. The van der Waals surface area contributed by atoms with Crippen molar-refractivity contribution in [3.63, 3.8) is 0 Å². The summed E-state index contributed by atoms with van der Waals surface area (Å²) < 4.78 is 31.2. The second-order valence-corrected chi connectivity index (χ2v) is 10.7. The molecule has 0 aliphatic carbocycles. The molecule has 4 rings (SSSR count). The molecular weight excluding hydrogens is 472 g/mol. The Morgan fingerprint density at radius 3 is 2.29 bits per heavy atom. The van der Waals surface area contributed by atoms with Gasteiger partial charge in [-0.25, -0.2) is 12.7 Å². The van der Waals surface area contributed by atoms with Crippen LogP contribution >= 0.6 is 0 Å². The smallest absolute Gasteiger partial charge is 0.295 e. The number of Topliss-reactive ketones (excluding diaryl/α,β-unsaturated/α-hetero) is 1. The topological polar surface area (TPSA) is 120 Å². The van der Waals surface area contributed by atoms with Crippen molar-refractivity contribution in [3.05, 3.63) is 65.5 Å². The van der Waals surface area contributed by atoms with Crippen molar-refractivity contribution >= 4 is 27.5 Å². The van der Waals surface area contributed by atoms with Gasteiger partial charge in [0, 0.05) is 58.2 Å². The summed E-state index contributed by atoms with van der Waals surface area (Å²) in [6, 6.07) is 8.20. The molecule has 2 aromatic rings. The predicted octanol–water partition coefficient (Wildman–Crippen LogP) is 1.09. The monoisotopic (exact) mass is 500 g/mol.